The van der Waals surface area contributed by atoms with Crippen LogP contribution in [-0.4, -0.2) is 31.7 Å². The van der Waals surface area contributed by atoms with Crippen LogP contribution in [0.15, 0.2) is 36.4 Å². The van der Waals surface area contributed by atoms with Crippen molar-refractivity contribution < 1.29 is 18.3 Å². The number of benzene rings is 1. The Labute approximate surface area is 155 Å². The lowest BCUT2D eigenvalue weighted by molar-refractivity contribution is -0.0498. The van der Waals surface area contributed by atoms with E-state index >= 15 is 0 Å². The average molecular weight is 389 g/mol. The van der Waals surface area contributed by atoms with Crippen LogP contribution in [0.3, 0.4) is 0 Å². The smallest absolute Gasteiger partial charge is 0.387 e. The largest absolute Gasteiger partial charge is 0.435 e. The minimum atomic E-state index is -2.83. The number of piperidine rings is 1. The lowest BCUT2D eigenvalue weighted by Crippen LogP contribution is -2.45. The molecule has 0 radical (unpaired) electrons. The molecule has 0 saturated carbocycles. The Kier molecular flexibility index (Phi) is 7.16. The van der Waals surface area contributed by atoms with E-state index in [0.29, 0.717) is 4.88 Å². The zero-order chi connectivity index (χ0) is 16.9. The molecule has 25 heavy (non-hydrogen) atoms. The summed E-state index contributed by atoms with van der Waals surface area (Å²) in [7, 11) is 0. The van der Waals surface area contributed by atoms with Crippen molar-refractivity contribution >= 4 is 29.7 Å². The van der Waals surface area contributed by atoms with E-state index in [-0.39, 0.29) is 30.1 Å². The van der Waals surface area contributed by atoms with Crippen molar-refractivity contribution in [2.45, 2.75) is 25.5 Å². The highest BCUT2D eigenvalue weighted by Crippen LogP contribution is 2.30. The number of rotatable bonds is 5. The predicted molar refractivity (Wildman–Crippen MR) is 97.0 cm³/mol. The Morgan fingerprint density at radius 1 is 1.24 bits per heavy atom. The standard InChI is InChI=1S/C17H18F2N2O2S.ClH/c18-17(19)23-13-5-3-11(4-6-13)14-7-8-15(24-14)16(22)21-12-2-1-9-20-10-12;/h3-8,12,17,20H,1-2,9-10H2,(H,21,22);1H/t12-;/m0./s1. The van der Waals surface area contributed by atoms with Gasteiger partial charge in [0.2, 0.25) is 0 Å². The maximum absolute atomic E-state index is 12.3. The van der Waals surface area contributed by atoms with Crippen molar-refractivity contribution in [1.29, 1.82) is 0 Å². The third-order valence-corrected chi connectivity index (χ3v) is 4.96. The minimum Gasteiger partial charge on any atom is -0.435 e. The van der Waals surface area contributed by atoms with Gasteiger partial charge in [-0.3, -0.25) is 4.79 Å². The number of nitrogens with one attached hydrogen (secondary N) is 2. The van der Waals surface area contributed by atoms with E-state index in [4.69, 9.17) is 0 Å². The number of halogens is 3. The van der Waals surface area contributed by atoms with Gasteiger partial charge in [-0.25, -0.2) is 0 Å². The topological polar surface area (TPSA) is 50.4 Å². The van der Waals surface area contributed by atoms with Crippen molar-refractivity contribution in [2.75, 3.05) is 13.1 Å². The molecule has 136 valence electrons. The Morgan fingerprint density at radius 2 is 2.00 bits per heavy atom. The zero-order valence-corrected chi connectivity index (χ0v) is 15.0. The average Bonchev–Trinajstić information content (AvgIpc) is 3.06. The minimum absolute atomic E-state index is 0. The second-order valence-corrected chi connectivity index (χ2v) is 6.67. The van der Waals surface area contributed by atoms with E-state index in [1.165, 1.54) is 23.5 Å². The first-order chi connectivity index (χ1) is 11.6. The predicted octanol–water partition coefficient (Wildman–Crippen LogP) is 3.92. The van der Waals surface area contributed by atoms with Gasteiger partial charge in [0, 0.05) is 17.5 Å². The number of carbonyl (C=O) groups is 1. The van der Waals surface area contributed by atoms with Gasteiger partial charge in [0.1, 0.15) is 5.75 Å². The molecule has 0 bridgehead atoms. The highest BCUT2D eigenvalue weighted by atomic mass is 35.5. The highest BCUT2D eigenvalue weighted by molar-refractivity contribution is 7.17. The highest BCUT2D eigenvalue weighted by Gasteiger charge is 2.17. The van der Waals surface area contributed by atoms with Crippen LogP contribution in [-0.2, 0) is 0 Å². The number of hydrogen-bond acceptors (Lipinski definition) is 4. The maximum Gasteiger partial charge on any atom is 0.387 e. The molecule has 1 aromatic heterocycles. The first-order valence-electron chi connectivity index (χ1n) is 7.78. The number of hydrogen-bond donors (Lipinski definition) is 2. The van der Waals surface area contributed by atoms with Gasteiger partial charge in [0.25, 0.3) is 5.91 Å². The fourth-order valence-electron chi connectivity index (χ4n) is 2.65. The van der Waals surface area contributed by atoms with Gasteiger partial charge in [0.05, 0.1) is 4.88 Å². The molecule has 1 aliphatic heterocycles. The fraction of sp³-hybridized carbons (Fsp3) is 0.353. The van der Waals surface area contributed by atoms with E-state index in [1.807, 2.05) is 6.07 Å². The van der Waals surface area contributed by atoms with Gasteiger partial charge in [-0.15, -0.1) is 23.7 Å². The van der Waals surface area contributed by atoms with Gasteiger partial charge < -0.3 is 15.4 Å². The van der Waals surface area contributed by atoms with Gasteiger partial charge in [0.15, 0.2) is 0 Å². The monoisotopic (exact) mass is 388 g/mol. The summed E-state index contributed by atoms with van der Waals surface area (Å²) in [5.41, 5.74) is 0.861. The molecule has 1 amide bonds. The second-order valence-electron chi connectivity index (χ2n) is 5.58. The summed E-state index contributed by atoms with van der Waals surface area (Å²) in [6.07, 6.45) is 2.05. The van der Waals surface area contributed by atoms with Gasteiger partial charge in [-0.05, 0) is 61.3 Å². The van der Waals surface area contributed by atoms with Crippen LogP contribution < -0.4 is 15.4 Å². The van der Waals surface area contributed by atoms with Gasteiger partial charge in [-0.1, -0.05) is 0 Å². The number of ether oxygens (including phenoxy) is 1. The van der Waals surface area contributed by atoms with Gasteiger partial charge >= 0.3 is 6.61 Å². The molecule has 1 saturated heterocycles. The van der Waals surface area contributed by atoms with Crippen LogP contribution in [0.25, 0.3) is 10.4 Å². The maximum atomic E-state index is 12.3. The van der Waals surface area contributed by atoms with Crippen LogP contribution in [0.5, 0.6) is 5.75 Å². The molecule has 3 rings (SSSR count). The number of carbonyl (C=O) groups excluding carboxylic acids is 1. The molecule has 1 atom stereocenters. The Bertz CT molecular complexity index is 688. The Hall–Kier alpha value is -1.70. The summed E-state index contributed by atoms with van der Waals surface area (Å²) in [4.78, 5) is 13.9. The third kappa shape index (κ3) is 5.39. The Balaban J connectivity index is 0.00000225. The fourth-order valence-corrected chi connectivity index (χ4v) is 3.56. The van der Waals surface area contributed by atoms with Crippen molar-refractivity contribution in [2.24, 2.45) is 0 Å². The normalized spacial score (nSPS) is 17.0. The summed E-state index contributed by atoms with van der Waals surface area (Å²) < 4.78 is 28.7. The van der Waals surface area contributed by atoms with E-state index in [0.717, 1.165) is 36.4 Å². The summed E-state index contributed by atoms with van der Waals surface area (Å²) in [5.74, 6) is 0.0469. The first-order valence-corrected chi connectivity index (χ1v) is 8.60. The molecule has 8 heteroatoms. The van der Waals surface area contributed by atoms with Gasteiger partial charge in [-0.2, -0.15) is 8.78 Å². The molecule has 0 spiro atoms. The van der Waals surface area contributed by atoms with Crippen LogP contribution in [0, 0.1) is 0 Å². The zero-order valence-electron chi connectivity index (χ0n) is 13.3. The van der Waals surface area contributed by atoms with E-state index in [1.54, 1.807) is 18.2 Å². The molecule has 4 nitrogen and oxygen atoms in total. The molecular formula is C17H19ClF2N2O2S. The molecule has 2 heterocycles. The molecule has 2 aromatic rings. The molecule has 2 N–H and O–H groups in total. The van der Waals surface area contributed by atoms with Crippen LogP contribution in [0.2, 0.25) is 0 Å². The van der Waals surface area contributed by atoms with Crippen LogP contribution >= 0.6 is 23.7 Å². The molecule has 1 aromatic carbocycles. The van der Waals surface area contributed by atoms with Crippen LogP contribution in [0.4, 0.5) is 8.78 Å². The lowest BCUT2D eigenvalue weighted by Gasteiger charge is -2.23. The third-order valence-electron chi connectivity index (χ3n) is 3.83. The molecular weight excluding hydrogens is 370 g/mol. The van der Waals surface area contributed by atoms with E-state index in [9.17, 15) is 13.6 Å². The second kappa shape index (κ2) is 9.12. The van der Waals surface area contributed by atoms with Crippen molar-refractivity contribution in [3.8, 4) is 16.2 Å². The molecule has 0 aliphatic carbocycles. The van der Waals surface area contributed by atoms with Crippen molar-refractivity contribution in [3.05, 3.63) is 41.3 Å². The summed E-state index contributed by atoms with van der Waals surface area (Å²) in [6, 6.07) is 10.2. The van der Waals surface area contributed by atoms with Crippen molar-refractivity contribution in [1.82, 2.24) is 10.6 Å². The quantitative estimate of drug-likeness (QED) is 0.816. The van der Waals surface area contributed by atoms with Crippen LogP contribution in [0.1, 0.15) is 22.5 Å². The SMILES string of the molecule is Cl.O=C(N[C@H]1CCCNC1)c1ccc(-c2ccc(OC(F)F)cc2)s1. The summed E-state index contributed by atoms with van der Waals surface area (Å²) >= 11 is 1.38. The van der Waals surface area contributed by atoms with Crippen molar-refractivity contribution in [3.63, 3.8) is 0 Å². The number of amides is 1. The molecule has 0 unspecified atom stereocenters. The first kappa shape index (κ1) is 19.6. The molecule has 1 fully saturated rings. The van der Waals surface area contributed by atoms with E-state index in [2.05, 4.69) is 15.4 Å². The Morgan fingerprint density at radius 3 is 2.64 bits per heavy atom. The lowest BCUT2D eigenvalue weighted by atomic mass is 10.1. The summed E-state index contributed by atoms with van der Waals surface area (Å²) in [5, 5.41) is 6.30. The number of alkyl halides is 2. The number of thiophene rings is 1. The summed E-state index contributed by atoms with van der Waals surface area (Å²) in [6.45, 7) is -1.03. The molecule has 1 aliphatic rings. The van der Waals surface area contributed by atoms with E-state index < -0.39 is 6.61 Å².